The van der Waals surface area contributed by atoms with Gasteiger partial charge >= 0.3 is 5.97 Å². The average molecular weight is 301 g/mol. The number of likely N-dealkylation sites (tertiary alicyclic amines) is 1. The van der Waals surface area contributed by atoms with Gasteiger partial charge in [-0.25, -0.2) is 0 Å². The molecule has 4 nitrogen and oxygen atoms in total. The van der Waals surface area contributed by atoms with Crippen molar-refractivity contribution in [3.8, 4) is 11.1 Å². The number of carbonyl (C=O) groups excluding carboxylic acids is 1. The first-order chi connectivity index (χ1) is 10.1. The highest BCUT2D eigenvalue weighted by Gasteiger charge is 2.33. The summed E-state index contributed by atoms with van der Waals surface area (Å²) in [5.41, 5.74) is 1.98. The monoisotopic (exact) mass is 301 g/mol. The van der Waals surface area contributed by atoms with Crippen molar-refractivity contribution < 1.29 is 14.7 Å². The predicted octanol–water partition coefficient (Wildman–Crippen LogP) is 2.96. The van der Waals surface area contributed by atoms with Crippen LogP contribution in [0.4, 0.5) is 0 Å². The van der Waals surface area contributed by atoms with Gasteiger partial charge in [-0.15, -0.1) is 11.3 Å². The van der Waals surface area contributed by atoms with Gasteiger partial charge in [0.05, 0.1) is 11.3 Å². The van der Waals surface area contributed by atoms with Gasteiger partial charge in [0.2, 0.25) is 0 Å². The normalized spacial score (nSPS) is 14.8. The number of carboxylic acids is 1. The Kier molecular flexibility index (Phi) is 3.75. The lowest BCUT2D eigenvalue weighted by Gasteiger charge is -2.38. The van der Waals surface area contributed by atoms with E-state index in [1.165, 1.54) is 11.3 Å². The number of carboxylic acid groups (broad SMARTS) is 1. The number of hydrogen-bond acceptors (Lipinski definition) is 3. The quantitative estimate of drug-likeness (QED) is 0.944. The van der Waals surface area contributed by atoms with Crippen molar-refractivity contribution in [2.45, 2.75) is 6.42 Å². The maximum atomic E-state index is 12.5. The van der Waals surface area contributed by atoms with Crippen molar-refractivity contribution in [1.82, 2.24) is 4.90 Å². The highest BCUT2D eigenvalue weighted by molar-refractivity contribution is 7.12. The van der Waals surface area contributed by atoms with E-state index in [1.54, 1.807) is 4.90 Å². The third-order valence-electron chi connectivity index (χ3n) is 3.65. The Balaban J connectivity index is 1.73. The van der Waals surface area contributed by atoms with Gasteiger partial charge in [-0.2, -0.15) is 0 Å². The number of nitrogens with zero attached hydrogens (tertiary/aromatic N) is 1. The molecular formula is C16H15NO3S. The van der Waals surface area contributed by atoms with Gasteiger partial charge in [-0.3, -0.25) is 9.59 Å². The lowest BCUT2D eigenvalue weighted by atomic mass is 9.95. The van der Waals surface area contributed by atoms with Gasteiger partial charge in [0.15, 0.2) is 0 Å². The minimum atomic E-state index is -0.798. The fourth-order valence-corrected chi connectivity index (χ4v) is 3.46. The Hall–Kier alpha value is -2.14. The summed E-state index contributed by atoms with van der Waals surface area (Å²) in [6.07, 6.45) is 0.139. The van der Waals surface area contributed by atoms with Crippen molar-refractivity contribution >= 4 is 23.2 Å². The van der Waals surface area contributed by atoms with E-state index in [1.807, 2.05) is 41.8 Å². The average Bonchev–Trinajstić information content (AvgIpc) is 2.92. The molecule has 1 aliphatic heterocycles. The number of aliphatic carboxylic acids is 1. The summed E-state index contributed by atoms with van der Waals surface area (Å²) in [7, 11) is 0. The molecule has 0 unspecified atom stereocenters. The van der Waals surface area contributed by atoms with Crippen molar-refractivity contribution in [2.24, 2.45) is 5.92 Å². The van der Waals surface area contributed by atoms with Gasteiger partial charge in [0.25, 0.3) is 5.91 Å². The molecule has 0 bridgehead atoms. The topological polar surface area (TPSA) is 57.6 Å². The summed E-state index contributed by atoms with van der Waals surface area (Å²) in [6.45, 7) is 1.08. The van der Waals surface area contributed by atoms with Crippen LogP contribution in [0.5, 0.6) is 0 Å². The van der Waals surface area contributed by atoms with Crippen LogP contribution >= 0.6 is 11.3 Å². The van der Waals surface area contributed by atoms with E-state index in [0.717, 1.165) is 16.0 Å². The largest absolute Gasteiger partial charge is 0.481 e. The Morgan fingerprint density at radius 3 is 2.57 bits per heavy atom. The van der Waals surface area contributed by atoms with Crippen molar-refractivity contribution in [3.63, 3.8) is 0 Å². The van der Waals surface area contributed by atoms with Crippen LogP contribution in [0.1, 0.15) is 16.1 Å². The molecule has 1 fully saturated rings. The second-order valence-electron chi connectivity index (χ2n) is 5.20. The molecule has 0 atom stereocenters. The van der Waals surface area contributed by atoms with E-state index in [0.29, 0.717) is 13.1 Å². The third-order valence-corrected chi connectivity index (χ3v) is 4.55. The molecule has 1 amide bonds. The fraction of sp³-hybridized carbons (Fsp3) is 0.250. The lowest BCUT2D eigenvalue weighted by molar-refractivity contribution is -0.139. The van der Waals surface area contributed by atoms with Crippen LogP contribution in [0.3, 0.4) is 0 Å². The summed E-state index contributed by atoms with van der Waals surface area (Å²) < 4.78 is 0. The maximum absolute atomic E-state index is 12.5. The summed E-state index contributed by atoms with van der Waals surface area (Å²) in [5, 5.41) is 10.7. The Labute approximate surface area is 126 Å². The van der Waals surface area contributed by atoms with Crippen molar-refractivity contribution in [1.29, 1.82) is 0 Å². The molecule has 0 saturated carbocycles. The molecule has 1 aromatic heterocycles. The molecule has 5 heteroatoms. The summed E-state index contributed by atoms with van der Waals surface area (Å²) in [6, 6.07) is 11.8. The zero-order valence-electron chi connectivity index (χ0n) is 11.4. The van der Waals surface area contributed by atoms with Gasteiger partial charge < -0.3 is 10.0 Å². The zero-order valence-corrected chi connectivity index (χ0v) is 12.2. The minimum Gasteiger partial charge on any atom is -0.481 e. The lowest BCUT2D eigenvalue weighted by Crippen LogP contribution is -2.50. The Morgan fingerprint density at radius 1 is 1.19 bits per heavy atom. The molecular weight excluding hydrogens is 286 g/mol. The molecule has 1 N–H and O–H groups in total. The first kappa shape index (κ1) is 13.8. The van der Waals surface area contributed by atoms with Crippen molar-refractivity contribution in [2.75, 3.05) is 13.1 Å². The van der Waals surface area contributed by atoms with Crippen LogP contribution in [0.2, 0.25) is 0 Å². The van der Waals surface area contributed by atoms with Gasteiger partial charge in [-0.1, -0.05) is 30.3 Å². The molecule has 2 heterocycles. The van der Waals surface area contributed by atoms with E-state index in [4.69, 9.17) is 5.11 Å². The first-order valence-electron chi connectivity index (χ1n) is 6.79. The standard InChI is InChI=1S/C16H15NO3S/c18-14(19)8-11-9-17(10-11)16(20)15-13(6-7-21-15)12-4-2-1-3-5-12/h1-7,11H,8-10H2,(H,18,19). The number of amides is 1. The molecule has 0 spiro atoms. The highest BCUT2D eigenvalue weighted by atomic mass is 32.1. The molecule has 1 aromatic carbocycles. The second kappa shape index (κ2) is 5.69. The number of rotatable bonds is 4. The minimum absolute atomic E-state index is 0.00509. The predicted molar refractivity (Wildman–Crippen MR) is 81.4 cm³/mol. The zero-order chi connectivity index (χ0) is 14.8. The number of thiophene rings is 1. The number of carbonyl (C=O) groups is 2. The van der Waals surface area contributed by atoms with E-state index >= 15 is 0 Å². The van der Waals surface area contributed by atoms with Crippen LogP contribution in [-0.2, 0) is 4.79 Å². The summed E-state index contributed by atoms with van der Waals surface area (Å²) >= 11 is 1.44. The second-order valence-corrected chi connectivity index (χ2v) is 6.12. The molecule has 108 valence electrons. The van der Waals surface area contributed by atoms with E-state index in [2.05, 4.69) is 0 Å². The summed E-state index contributed by atoms with van der Waals surface area (Å²) in [4.78, 5) is 25.6. The fourth-order valence-electron chi connectivity index (χ4n) is 2.58. The van der Waals surface area contributed by atoms with Gasteiger partial charge in [-0.05, 0) is 17.0 Å². The summed E-state index contributed by atoms with van der Waals surface area (Å²) in [5.74, 6) is -0.703. The molecule has 2 aromatic rings. The van der Waals surface area contributed by atoms with E-state index < -0.39 is 5.97 Å². The highest BCUT2D eigenvalue weighted by Crippen LogP contribution is 2.31. The van der Waals surface area contributed by atoms with Crippen LogP contribution in [-0.4, -0.2) is 35.0 Å². The molecule has 1 aliphatic rings. The number of benzene rings is 1. The third kappa shape index (κ3) is 2.83. The maximum Gasteiger partial charge on any atom is 0.303 e. The Morgan fingerprint density at radius 2 is 1.90 bits per heavy atom. The smallest absolute Gasteiger partial charge is 0.303 e. The van der Waals surface area contributed by atoms with E-state index in [-0.39, 0.29) is 18.2 Å². The molecule has 0 radical (unpaired) electrons. The van der Waals surface area contributed by atoms with Gasteiger partial charge in [0, 0.05) is 24.6 Å². The van der Waals surface area contributed by atoms with Crippen LogP contribution in [0, 0.1) is 5.92 Å². The van der Waals surface area contributed by atoms with E-state index in [9.17, 15) is 9.59 Å². The van der Waals surface area contributed by atoms with Gasteiger partial charge in [0.1, 0.15) is 0 Å². The van der Waals surface area contributed by atoms with Crippen molar-refractivity contribution in [3.05, 3.63) is 46.7 Å². The van der Waals surface area contributed by atoms with Crippen LogP contribution in [0.25, 0.3) is 11.1 Å². The molecule has 0 aliphatic carbocycles. The van der Waals surface area contributed by atoms with Crippen LogP contribution < -0.4 is 0 Å². The molecule has 1 saturated heterocycles. The number of hydrogen-bond donors (Lipinski definition) is 1. The SMILES string of the molecule is O=C(O)CC1CN(C(=O)c2sccc2-c2ccccc2)C1. The first-order valence-corrected chi connectivity index (χ1v) is 7.67. The Bertz CT molecular complexity index is 659. The molecule has 3 rings (SSSR count). The molecule has 21 heavy (non-hydrogen) atoms. The van der Waals surface area contributed by atoms with Crippen LogP contribution in [0.15, 0.2) is 41.8 Å².